The smallest absolute Gasteiger partial charge is 0.341 e. The van der Waals surface area contributed by atoms with E-state index in [1.165, 1.54) is 0 Å². The molecule has 0 spiro atoms. The van der Waals surface area contributed by atoms with Gasteiger partial charge in [-0.2, -0.15) is 0 Å². The minimum Gasteiger partial charge on any atom is -0.430 e. The minimum absolute atomic E-state index is 0.0291. The van der Waals surface area contributed by atoms with Gasteiger partial charge in [0.2, 0.25) is 5.79 Å². The zero-order valence-electron chi connectivity index (χ0n) is 15.8. The molecular weight excluding hydrogens is 306 g/mol. The molecule has 0 fully saturated rings. The second kappa shape index (κ2) is 8.29. The van der Waals surface area contributed by atoms with Crippen molar-refractivity contribution in [2.24, 2.45) is 0 Å². The molecule has 0 atom stereocenters. The molecule has 5 nitrogen and oxygen atoms in total. The summed E-state index contributed by atoms with van der Waals surface area (Å²) in [6.45, 7) is 13.4. The van der Waals surface area contributed by atoms with Gasteiger partial charge in [-0.15, -0.1) is 0 Å². The summed E-state index contributed by atoms with van der Waals surface area (Å²) >= 11 is 0. The van der Waals surface area contributed by atoms with Crippen LogP contribution in [0.3, 0.4) is 0 Å². The van der Waals surface area contributed by atoms with Gasteiger partial charge in [0.1, 0.15) is 0 Å². The molecule has 0 N–H and O–H groups in total. The maximum absolute atomic E-state index is 12.9. The summed E-state index contributed by atoms with van der Waals surface area (Å²) in [6, 6.07) is 6.79. The van der Waals surface area contributed by atoms with Crippen LogP contribution in [-0.4, -0.2) is 41.3 Å². The lowest BCUT2D eigenvalue weighted by molar-refractivity contribution is -0.175. The van der Waals surface area contributed by atoms with Gasteiger partial charge in [0.25, 0.3) is 5.91 Å². The molecule has 0 aliphatic rings. The van der Waals surface area contributed by atoms with Crippen LogP contribution >= 0.6 is 0 Å². The van der Waals surface area contributed by atoms with Crippen molar-refractivity contribution >= 4 is 11.9 Å². The lowest BCUT2D eigenvalue weighted by Gasteiger charge is -2.31. The summed E-state index contributed by atoms with van der Waals surface area (Å²) in [5.41, 5.74) is 0.596. The topological polar surface area (TPSA) is 55.8 Å². The van der Waals surface area contributed by atoms with E-state index >= 15 is 0 Å². The van der Waals surface area contributed by atoms with Crippen LogP contribution in [0.4, 0.5) is 0 Å². The average Bonchev–Trinajstić information content (AvgIpc) is 2.45. The number of hydrogen-bond donors (Lipinski definition) is 0. The van der Waals surface area contributed by atoms with E-state index in [0.717, 1.165) is 0 Å². The molecule has 24 heavy (non-hydrogen) atoms. The maximum Gasteiger partial charge on any atom is 0.341 e. The standard InChI is InChI=1S/C19H29NO4/c1-8-23-19(6,7)24-18(22)16-12-10-9-11-15(16)17(21)20(13(2)3)14(4)5/h9-14H,8H2,1-7H3. The predicted molar refractivity (Wildman–Crippen MR) is 94.0 cm³/mol. The molecule has 5 heteroatoms. The summed E-state index contributed by atoms with van der Waals surface area (Å²) in [6.07, 6.45) is 0. The third kappa shape index (κ3) is 5.06. The lowest BCUT2D eigenvalue weighted by atomic mass is 10.0. The van der Waals surface area contributed by atoms with Crippen LogP contribution < -0.4 is 0 Å². The molecule has 0 bridgehead atoms. The quantitative estimate of drug-likeness (QED) is 0.560. The van der Waals surface area contributed by atoms with Crippen LogP contribution in [0.5, 0.6) is 0 Å². The Morgan fingerprint density at radius 2 is 1.54 bits per heavy atom. The molecule has 1 amide bonds. The fraction of sp³-hybridized carbons (Fsp3) is 0.579. The van der Waals surface area contributed by atoms with Crippen molar-refractivity contribution in [3.8, 4) is 0 Å². The molecule has 0 unspecified atom stereocenters. The molecule has 1 aromatic rings. The van der Waals surface area contributed by atoms with E-state index in [4.69, 9.17) is 9.47 Å². The molecule has 0 aliphatic carbocycles. The average molecular weight is 335 g/mol. The summed E-state index contributed by atoms with van der Waals surface area (Å²) in [5, 5.41) is 0. The summed E-state index contributed by atoms with van der Waals surface area (Å²) in [5.74, 6) is -1.79. The lowest BCUT2D eigenvalue weighted by Crippen LogP contribution is -2.42. The summed E-state index contributed by atoms with van der Waals surface area (Å²) in [4.78, 5) is 27.2. The van der Waals surface area contributed by atoms with Crippen molar-refractivity contribution in [1.82, 2.24) is 4.90 Å². The Bertz CT molecular complexity index is 570. The van der Waals surface area contributed by atoms with Crippen molar-refractivity contribution in [3.05, 3.63) is 35.4 Å². The van der Waals surface area contributed by atoms with Crippen LogP contribution in [0.25, 0.3) is 0 Å². The van der Waals surface area contributed by atoms with E-state index in [0.29, 0.717) is 12.2 Å². The molecule has 0 radical (unpaired) electrons. The molecule has 0 aromatic heterocycles. The number of esters is 1. The Kier molecular flexibility index (Phi) is 6.96. The van der Waals surface area contributed by atoms with E-state index < -0.39 is 11.8 Å². The van der Waals surface area contributed by atoms with Gasteiger partial charge in [0.05, 0.1) is 11.1 Å². The Labute approximate surface area is 144 Å². The molecule has 0 saturated carbocycles. The summed E-state index contributed by atoms with van der Waals surface area (Å²) < 4.78 is 10.8. The SMILES string of the molecule is CCOC(C)(C)OC(=O)c1ccccc1C(=O)N(C(C)C)C(C)C. The van der Waals surface area contributed by atoms with Gasteiger partial charge < -0.3 is 14.4 Å². The van der Waals surface area contributed by atoms with Gasteiger partial charge >= 0.3 is 5.97 Å². The van der Waals surface area contributed by atoms with Gasteiger partial charge in [-0.05, 0) is 46.8 Å². The normalized spacial score (nSPS) is 11.7. The Hall–Kier alpha value is -1.88. The highest BCUT2D eigenvalue weighted by Crippen LogP contribution is 2.20. The number of nitrogens with zero attached hydrogens (tertiary/aromatic N) is 1. The van der Waals surface area contributed by atoms with Gasteiger partial charge in [-0.3, -0.25) is 4.79 Å². The van der Waals surface area contributed by atoms with E-state index in [9.17, 15) is 9.59 Å². The Morgan fingerprint density at radius 1 is 1.04 bits per heavy atom. The number of carbonyl (C=O) groups excluding carboxylic acids is 2. The van der Waals surface area contributed by atoms with Crippen molar-refractivity contribution in [3.63, 3.8) is 0 Å². The van der Waals surface area contributed by atoms with Gasteiger partial charge in [0, 0.05) is 32.5 Å². The van der Waals surface area contributed by atoms with Gasteiger partial charge in [0.15, 0.2) is 0 Å². The molecule has 1 aromatic carbocycles. The second-order valence-electron chi connectivity index (χ2n) is 6.67. The monoisotopic (exact) mass is 335 g/mol. The number of rotatable bonds is 7. The van der Waals surface area contributed by atoms with Gasteiger partial charge in [-0.25, -0.2) is 4.79 Å². The van der Waals surface area contributed by atoms with Crippen LogP contribution in [-0.2, 0) is 9.47 Å². The molecular formula is C19H29NO4. The fourth-order valence-electron chi connectivity index (χ4n) is 2.71. The first-order valence-electron chi connectivity index (χ1n) is 8.39. The molecule has 0 heterocycles. The Balaban J connectivity index is 3.16. The highest BCUT2D eigenvalue weighted by Gasteiger charge is 2.29. The van der Waals surface area contributed by atoms with Crippen molar-refractivity contribution < 1.29 is 19.1 Å². The summed E-state index contributed by atoms with van der Waals surface area (Å²) in [7, 11) is 0. The minimum atomic E-state index is -1.04. The highest BCUT2D eigenvalue weighted by molar-refractivity contribution is 6.05. The Morgan fingerprint density at radius 3 is 2.00 bits per heavy atom. The molecule has 1 rings (SSSR count). The third-order valence-corrected chi connectivity index (χ3v) is 3.56. The number of hydrogen-bond acceptors (Lipinski definition) is 4. The zero-order chi connectivity index (χ0) is 18.5. The maximum atomic E-state index is 12.9. The predicted octanol–water partition coefficient (Wildman–Crippen LogP) is 3.88. The first-order valence-corrected chi connectivity index (χ1v) is 8.39. The van der Waals surface area contributed by atoms with Crippen molar-refractivity contribution in [1.29, 1.82) is 0 Å². The van der Waals surface area contributed by atoms with E-state index in [-0.39, 0.29) is 23.6 Å². The number of amides is 1. The van der Waals surface area contributed by atoms with Crippen LogP contribution in [0, 0.1) is 0 Å². The number of carbonyl (C=O) groups is 2. The van der Waals surface area contributed by atoms with E-state index in [2.05, 4.69) is 0 Å². The van der Waals surface area contributed by atoms with Crippen LogP contribution in [0.2, 0.25) is 0 Å². The molecule has 134 valence electrons. The fourth-order valence-corrected chi connectivity index (χ4v) is 2.71. The van der Waals surface area contributed by atoms with Gasteiger partial charge in [-0.1, -0.05) is 12.1 Å². The first kappa shape index (κ1) is 20.2. The van der Waals surface area contributed by atoms with Crippen molar-refractivity contribution in [2.45, 2.75) is 66.3 Å². The van der Waals surface area contributed by atoms with E-state index in [1.807, 2.05) is 34.6 Å². The zero-order valence-corrected chi connectivity index (χ0v) is 15.8. The van der Waals surface area contributed by atoms with Crippen LogP contribution in [0.1, 0.15) is 69.2 Å². The molecule has 0 aliphatic heterocycles. The second-order valence-corrected chi connectivity index (χ2v) is 6.67. The third-order valence-electron chi connectivity index (χ3n) is 3.56. The number of benzene rings is 1. The first-order chi connectivity index (χ1) is 11.1. The van der Waals surface area contributed by atoms with Crippen molar-refractivity contribution in [2.75, 3.05) is 6.61 Å². The number of ether oxygens (including phenoxy) is 2. The van der Waals surface area contributed by atoms with E-state index in [1.54, 1.807) is 43.0 Å². The largest absolute Gasteiger partial charge is 0.430 e. The molecule has 0 saturated heterocycles. The highest BCUT2D eigenvalue weighted by atomic mass is 16.7. The van der Waals surface area contributed by atoms with Crippen LogP contribution in [0.15, 0.2) is 24.3 Å².